The highest BCUT2D eigenvalue weighted by Crippen LogP contribution is 2.25. The van der Waals surface area contributed by atoms with E-state index in [1.807, 2.05) is 0 Å². The molecular weight excluding hydrogens is 226 g/mol. The first-order chi connectivity index (χ1) is 8.66. The van der Waals surface area contributed by atoms with Gasteiger partial charge in [-0.05, 0) is 25.2 Å². The summed E-state index contributed by atoms with van der Waals surface area (Å²) in [6.07, 6.45) is 6.15. The number of carbonyl (C=O) groups excluding carboxylic acids is 1. The summed E-state index contributed by atoms with van der Waals surface area (Å²) in [6.45, 7) is 7.61. The maximum atomic E-state index is 12.3. The third-order valence-electron chi connectivity index (χ3n) is 4.18. The largest absolute Gasteiger partial charge is 0.381 e. The van der Waals surface area contributed by atoms with E-state index in [1.165, 1.54) is 25.7 Å². The molecule has 1 atom stereocenters. The molecular formula is C15H27NO2. The van der Waals surface area contributed by atoms with Gasteiger partial charge >= 0.3 is 0 Å². The Bertz CT molecular complexity index is 266. The van der Waals surface area contributed by atoms with Crippen LogP contribution in [0.5, 0.6) is 0 Å². The Labute approximate surface area is 111 Å². The number of nitrogens with zero attached hydrogens (tertiary/aromatic N) is 1. The Hall–Kier alpha value is -0.410. The molecule has 1 heterocycles. The van der Waals surface area contributed by atoms with E-state index in [2.05, 4.69) is 18.7 Å². The maximum absolute atomic E-state index is 12.3. The second-order valence-corrected chi connectivity index (χ2v) is 6.29. The van der Waals surface area contributed by atoms with Crippen molar-refractivity contribution in [2.75, 3.05) is 26.3 Å². The average molecular weight is 253 g/mol. The molecule has 2 aliphatic rings. The van der Waals surface area contributed by atoms with Crippen molar-refractivity contribution in [3.05, 3.63) is 0 Å². The van der Waals surface area contributed by atoms with Crippen molar-refractivity contribution in [1.29, 1.82) is 0 Å². The summed E-state index contributed by atoms with van der Waals surface area (Å²) in [6, 6.07) is 0.652. The summed E-state index contributed by atoms with van der Waals surface area (Å²) in [5.74, 6) is 1.21. The summed E-state index contributed by atoms with van der Waals surface area (Å²) >= 11 is 0. The van der Waals surface area contributed by atoms with E-state index >= 15 is 0 Å². The molecule has 0 N–H and O–H groups in total. The third kappa shape index (κ3) is 3.79. The van der Waals surface area contributed by atoms with Crippen LogP contribution in [0, 0.1) is 11.8 Å². The molecule has 0 radical (unpaired) electrons. The van der Waals surface area contributed by atoms with Crippen molar-refractivity contribution in [3.63, 3.8) is 0 Å². The van der Waals surface area contributed by atoms with Gasteiger partial charge in [0.15, 0.2) is 5.78 Å². The molecule has 1 saturated carbocycles. The smallest absolute Gasteiger partial charge is 0.152 e. The SMILES string of the molecule is CC(C)CN(CC(=O)C1CCOC1)C1CCCC1. The van der Waals surface area contributed by atoms with Crippen LogP contribution in [0.3, 0.4) is 0 Å². The highest BCUT2D eigenvalue weighted by Gasteiger charge is 2.29. The minimum Gasteiger partial charge on any atom is -0.381 e. The third-order valence-corrected chi connectivity index (χ3v) is 4.18. The van der Waals surface area contributed by atoms with Crippen LogP contribution in [-0.2, 0) is 9.53 Å². The predicted octanol–water partition coefficient (Wildman–Crippen LogP) is 2.49. The van der Waals surface area contributed by atoms with E-state index in [1.54, 1.807) is 0 Å². The van der Waals surface area contributed by atoms with Crippen molar-refractivity contribution in [2.45, 2.75) is 52.0 Å². The van der Waals surface area contributed by atoms with Crippen LogP contribution in [0.4, 0.5) is 0 Å². The van der Waals surface area contributed by atoms with E-state index in [-0.39, 0.29) is 5.92 Å². The van der Waals surface area contributed by atoms with Crippen LogP contribution in [0.25, 0.3) is 0 Å². The van der Waals surface area contributed by atoms with Crippen LogP contribution < -0.4 is 0 Å². The van der Waals surface area contributed by atoms with Crippen LogP contribution in [0.15, 0.2) is 0 Å². The van der Waals surface area contributed by atoms with Gasteiger partial charge in [-0.1, -0.05) is 26.7 Å². The quantitative estimate of drug-likeness (QED) is 0.728. The zero-order valence-electron chi connectivity index (χ0n) is 11.9. The number of rotatable bonds is 6. The molecule has 1 aliphatic carbocycles. The fourth-order valence-corrected chi connectivity index (χ4v) is 3.20. The van der Waals surface area contributed by atoms with Crippen molar-refractivity contribution in [1.82, 2.24) is 4.90 Å². The summed E-state index contributed by atoms with van der Waals surface area (Å²) in [4.78, 5) is 14.7. The molecule has 1 unspecified atom stereocenters. The fraction of sp³-hybridized carbons (Fsp3) is 0.933. The van der Waals surface area contributed by atoms with Crippen LogP contribution in [0.1, 0.15) is 46.0 Å². The molecule has 0 spiro atoms. The van der Waals surface area contributed by atoms with Gasteiger partial charge in [0.25, 0.3) is 0 Å². The summed E-state index contributed by atoms with van der Waals surface area (Å²) in [7, 11) is 0. The molecule has 3 heteroatoms. The molecule has 0 aromatic carbocycles. The second-order valence-electron chi connectivity index (χ2n) is 6.29. The number of ether oxygens (including phenoxy) is 1. The van der Waals surface area contributed by atoms with Crippen LogP contribution >= 0.6 is 0 Å². The molecule has 1 aliphatic heterocycles. The lowest BCUT2D eigenvalue weighted by Gasteiger charge is -2.30. The summed E-state index contributed by atoms with van der Waals surface area (Å²) < 4.78 is 5.33. The van der Waals surface area contributed by atoms with Crippen LogP contribution in [0.2, 0.25) is 0 Å². The van der Waals surface area contributed by atoms with Gasteiger partial charge in [-0.15, -0.1) is 0 Å². The fourth-order valence-electron chi connectivity index (χ4n) is 3.20. The number of Topliss-reactive ketones (excluding diaryl/α,β-unsaturated/α-hetero) is 1. The Morgan fingerprint density at radius 2 is 2.00 bits per heavy atom. The first-order valence-corrected chi connectivity index (χ1v) is 7.51. The molecule has 18 heavy (non-hydrogen) atoms. The lowest BCUT2D eigenvalue weighted by molar-refractivity contribution is -0.124. The zero-order valence-corrected chi connectivity index (χ0v) is 11.9. The van der Waals surface area contributed by atoms with Gasteiger partial charge in [-0.3, -0.25) is 9.69 Å². The first-order valence-electron chi connectivity index (χ1n) is 7.51. The standard InChI is InChI=1S/C15H27NO2/c1-12(2)9-16(14-5-3-4-6-14)10-15(17)13-7-8-18-11-13/h12-14H,3-11H2,1-2H3. The monoisotopic (exact) mass is 253 g/mol. The van der Waals surface area contributed by atoms with Crippen molar-refractivity contribution >= 4 is 5.78 Å². The van der Waals surface area contributed by atoms with E-state index in [0.29, 0.717) is 30.9 Å². The van der Waals surface area contributed by atoms with Crippen molar-refractivity contribution < 1.29 is 9.53 Å². The number of hydrogen-bond acceptors (Lipinski definition) is 3. The van der Waals surface area contributed by atoms with Gasteiger partial charge < -0.3 is 4.74 Å². The Morgan fingerprint density at radius 1 is 1.28 bits per heavy atom. The van der Waals surface area contributed by atoms with E-state index in [9.17, 15) is 4.79 Å². The molecule has 1 saturated heterocycles. The number of carbonyl (C=O) groups is 1. The van der Waals surface area contributed by atoms with Crippen molar-refractivity contribution in [2.24, 2.45) is 11.8 Å². The van der Waals surface area contributed by atoms with E-state index < -0.39 is 0 Å². The van der Waals surface area contributed by atoms with Crippen LogP contribution in [-0.4, -0.2) is 43.0 Å². The van der Waals surface area contributed by atoms with Gasteiger partial charge in [-0.2, -0.15) is 0 Å². The second kappa shape index (κ2) is 6.67. The predicted molar refractivity (Wildman–Crippen MR) is 72.6 cm³/mol. The first kappa shape index (κ1) is 14.0. The minimum atomic E-state index is 0.168. The summed E-state index contributed by atoms with van der Waals surface area (Å²) in [5.41, 5.74) is 0. The van der Waals surface area contributed by atoms with Gasteiger partial charge in [0.2, 0.25) is 0 Å². The zero-order chi connectivity index (χ0) is 13.0. The molecule has 0 amide bonds. The molecule has 2 fully saturated rings. The highest BCUT2D eigenvalue weighted by atomic mass is 16.5. The molecule has 0 bridgehead atoms. The lowest BCUT2D eigenvalue weighted by Crippen LogP contribution is -2.41. The highest BCUT2D eigenvalue weighted by molar-refractivity contribution is 5.83. The topological polar surface area (TPSA) is 29.5 Å². The Kier molecular flexibility index (Phi) is 5.19. The normalized spacial score (nSPS) is 25.4. The molecule has 0 aromatic heterocycles. The number of hydrogen-bond donors (Lipinski definition) is 0. The van der Waals surface area contributed by atoms with Gasteiger partial charge in [0, 0.05) is 25.1 Å². The van der Waals surface area contributed by atoms with E-state index in [0.717, 1.165) is 19.6 Å². The van der Waals surface area contributed by atoms with Gasteiger partial charge in [0.05, 0.1) is 13.2 Å². The number of ketones is 1. The Morgan fingerprint density at radius 3 is 2.56 bits per heavy atom. The maximum Gasteiger partial charge on any atom is 0.152 e. The van der Waals surface area contributed by atoms with Gasteiger partial charge in [-0.25, -0.2) is 0 Å². The average Bonchev–Trinajstić information content (AvgIpc) is 3.01. The Balaban J connectivity index is 1.88. The lowest BCUT2D eigenvalue weighted by atomic mass is 10.0. The molecule has 2 rings (SSSR count). The van der Waals surface area contributed by atoms with Crippen molar-refractivity contribution in [3.8, 4) is 0 Å². The molecule has 3 nitrogen and oxygen atoms in total. The summed E-state index contributed by atoms with van der Waals surface area (Å²) in [5, 5.41) is 0. The van der Waals surface area contributed by atoms with E-state index in [4.69, 9.17) is 4.74 Å². The van der Waals surface area contributed by atoms with Gasteiger partial charge in [0.1, 0.15) is 0 Å². The molecule has 0 aromatic rings. The minimum absolute atomic E-state index is 0.168. The molecule has 104 valence electrons.